The van der Waals surface area contributed by atoms with Crippen LogP contribution in [0.25, 0.3) is 5.69 Å². The van der Waals surface area contributed by atoms with E-state index in [0.29, 0.717) is 37.4 Å². The van der Waals surface area contributed by atoms with Crippen molar-refractivity contribution in [3.63, 3.8) is 0 Å². The average molecular weight is 432 g/mol. The summed E-state index contributed by atoms with van der Waals surface area (Å²) < 4.78 is 1.71. The van der Waals surface area contributed by atoms with E-state index in [1.165, 1.54) is 5.56 Å². The van der Waals surface area contributed by atoms with Gasteiger partial charge in [-0.2, -0.15) is 0 Å². The monoisotopic (exact) mass is 431 g/mol. The molecule has 1 N–H and O–H groups in total. The van der Waals surface area contributed by atoms with Gasteiger partial charge in [-0.25, -0.2) is 4.68 Å². The molecule has 2 aromatic carbocycles. The molecule has 1 unspecified atom stereocenters. The number of carbonyl (C=O) groups excluding carboxylic acids is 2. The van der Waals surface area contributed by atoms with Crippen molar-refractivity contribution in [2.45, 2.75) is 40.7 Å². The first-order valence-electron chi connectivity index (χ1n) is 10.9. The second kappa shape index (κ2) is 8.94. The summed E-state index contributed by atoms with van der Waals surface area (Å²) in [5.74, 6) is -0.0433. The fourth-order valence-electron chi connectivity index (χ4n) is 4.19. The van der Waals surface area contributed by atoms with Crippen molar-refractivity contribution in [3.8, 4) is 5.69 Å². The molecule has 7 nitrogen and oxygen atoms in total. The maximum Gasteiger partial charge on any atom is 0.273 e. The van der Waals surface area contributed by atoms with E-state index in [-0.39, 0.29) is 17.7 Å². The van der Waals surface area contributed by atoms with Crippen molar-refractivity contribution in [2.75, 3.05) is 13.1 Å². The minimum absolute atomic E-state index is 0.0878. The van der Waals surface area contributed by atoms with Crippen LogP contribution in [-0.2, 0) is 11.3 Å². The molecule has 4 rings (SSSR count). The summed E-state index contributed by atoms with van der Waals surface area (Å²) >= 11 is 0. The molecule has 0 bridgehead atoms. The van der Waals surface area contributed by atoms with Gasteiger partial charge in [-0.3, -0.25) is 9.59 Å². The van der Waals surface area contributed by atoms with E-state index in [2.05, 4.69) is 34.7 Å². The molecule has 2 heterocycles. The predicted octanol–water partition coefficient (Wildman–Crippen LogP) is 3.28. The highest BCUT2D eigenvalue weighted by atomic mass is 16.2. The van der Waals surface area contributed by atoms with E-state index in [0.717, 1.165) is 22.4 Å². The van der Waals surface area contributed by atoms with Crippen LogP contribution in [0.4, 0.5) is 0 Å². The minimum Gasteiger partial charge on any atom is -0.350 e. The standard InChI is InChI=1S/C25H29N5O2/c1-16-9-7-11-22(18(16)3)30-19(4)24(27-28-30)25(32)26-13-20-12-23(31)29(14-20)15-21-10-6-5-8-17(21)2/h5-11,20H,12-15H2,1-4H3,(H,26,32). The number of nitrogens with one attached hydrogen (secondary N) is 1. The molecule has 3 aromatic rings. The number of benzene rings is 2. The third-order valence-corrected chi connectivity index (χ3v) is 6.38. The zero-order chi connectivity index (χ0) is 22.8. The molecule has 32 heavy (non-hydrogen) atoms. The summed E-state index contributed by atoms with van der Waals surface area (Å²) in [6, 6.07) is 14.1. The second-order valence-corrected chi connectivity index (χ2v) is 8.64. The molecule has 1 aliphatic heterocycles. The van der Waals surface area contributed by atoms with Crippen LogP contribution in [-0.4, -0.2) is 44.8 Å². The fourth-order valence-corrected chi connectivity index (χ4v) is 4.19. The van der Waals surface area contributed by atoms with E-state index >= 15 is 0 Å². The summed E-state index contributed by atoms with van der Waals surface area (Å²) in [4.78, 5) is 27.1. The molecule has 0 aliphatic carbocycles. The normalized spacial score (nSPS) is 15.9. The van der Waals surface area contributed by atoms with E-state index in [1.807, 2.05) is 56.0 Å². The molecular formula is C25H29N5O2. The second-order valence-electron chi connectivity index (χ2n) is 8.64. The number of carbonyl (C=O) groups is 2. The van der Waals surface area contributed by atoms with Gasteiger partial charge in [-0.15, -0.1) is 5.10 Å². The largest absolute Gasteiger partial charge is 0.350 e. The average Bonchev–Trinajstić information content (AvgIpc) is 3.32. The summed E-state index contributed by atoms with van der Waals surface area (Å²) in [5.41, 5.74) is 6.52. The summed E-state index contributed by atoms with van der Waals surface area (Å²) in [6.07, 6.45) is 0.445. The van der Waals surface area contributed by atoms with Gasteiger partial charge >= 0.3 is 0 Å². The Bertz CT molecular complexity index is 1170. The lowest BCUT2D eigenvalue weighted by atomic mass is 10.1. The van der Waals surface area contributed by atoms with Gasteiger partial charge in [-0.05, 0) is 56.0 Å². The number of hydrogen-bond donors (Lipinski definition) is 1. The molecule has 1 atom stereocenters. The zero-order valence-corrected chi connectivity index (χ0v) is 19.1. The van der Waals surface area contributed by atoms with Gasteiger partial charge in [0.15, 0.2) is 5.69 Å². The Labute approximate surface area is 188 Å². The van der Waals surface area contributed by atoms with Crippen molar-refractivity contribution < 1.29 is 9.59 Å². The number of likely N-dealkylation sites (tertiary alicyclic amines) is 1. The van der Waals surface area contributed by atoms with Crippen LogP contribution >= 0.6 is 0 Å². The first-order chi connectivity index (χ1) is 15.3. The van der Waals surface area contributed by atoms with Gasteiger partial charge in [-0.1, -0.05) is 41.6 Å². The number of amides is 2. The van der Waals surface area contributed by atoms with E-state index in [4.69, 9.17) is 0 Å². The lowest BCUT2D eigenvalue weighted by Gasteiger charge is -2.18. The van der Waals surface area contributed by atoms with Crippen molar-refractivity contribution in [1.82, 2.24) is 25.2 Å². The highest BCUT2D eigenvalue weighted by Gasteiger charge is 2.30. The highest BCUT2D eigenvalue weighted by molar-refractivity contribution is 5.93. The zero-order valence-electron chi connectivity index (χ0n) is 19.1. The molecule has 0 radical (unpaired) electrons. The van der Waals surface area contributed by atoms with Crippen LogP contribution < -0.4 is 5.32 Å². The Morgan fingerprint density at radius 2 is 1.81 bits per heavy atom. The lowest BCUT2D eigenvalue weighted by molar-refractivity contribution is -0.128. The molecule has 2 amide bonds. The van der Waals surface area contributed by atoms with Crippen molar-refractivity contribution in [2.24, 2.45) is 5.92 Å². The van der Waals surface area contributed by atoms with Gasteiger partial charge < -0.3 is 10.2 Å². The Morgan fingerprint density at radius 1 is 1.06 bits per heavy atom. The molecule has 1 aliphatic rings. The van der Waals surface area contributed by atoms with Gasteiger partial charge in [0.1, 0.15) is 0 Å². The smallest absolute Gasteiger partial charge is 0.273 e. The third-order valence-electron chi connectivity index (χ3n) is 6.38. The number of rotatable bonds is 6. The highest BCUT2D eigenvalue weighted by Crippen LogP contribution is 2.22. The van der Waals surface area contributed by atoms with Crippen LogP contribution in [0.15, 0.2) is 42.5 Å². The number of nitrogens with zero attached hydrogens (tertiary/aromatic N) is 4. The third kappa shape index (κ3) is 4.28. The molecule has 7 heteroatoms. The van der Waals surface area contributed by atoms with E-state index in [9.17, 15) is 9.59 Å². The predicted molar refractivity (Wildman–Crippen MR) is 123 cm³/mol. The quantitative estimate of drug-likeness (QED) is 0.650. The minimum atomic E-state index is -0.260. The Hall–Kier alpha value is -3.48. The SMILES string of the molecule is Cc1ccccc1CN1CC(CNC(=O)c2nnn(-c3cccc(C)c3C)c2C)CC1=O. The van der Waals surface area contributed by atoms with Gasteiger partial charge in [0.05, 0.1) is 11.4 Å². The van der Waals surface area contributed by atoms with Gasteiger partial charge in [0.25, 0.3) is 5.91 Å². The maximum absolute atomic E-state index is 12.8. The molecule has 1 aromatic heterocycles. The van der Waals surface area contributed by atoms with Crippen molar-refractivity contribution in [3.05, 3.63) is 76.1 Å². The Morgan fingerprint density at radius 3 is 2.59 bits per heavy atom. The summed E-state index contributed by atoms with van der Waals surface area (Å²) in [5, 5.41) is 11.3. The topological polar surface area (TPSA) is 80.1 Å². The molecule has 0 saturated carbocycles. The summed E-state index contributed by atoms with van der Waals surface area (Å²) in [7, 11) is 0. The van der Waals surface area contributed by atoms with Gasteiger partial charge in [0.2, 0.25) is 5.91 Å². The van der Waals surface area contributed by atoms with Crippen molar-refractivity contribution in [1.29, 1.82) is 0 Å². The fraction of sp³-hybridized carbons (Fsp3) is 0.360. The van der Waals surface area contributed by atoms with Crippen LogP contribution in [0.5, 0.6) is 0 Å². The first kappa shape index (κ1) is 21.7. The van der Waals surface area contributed by atoms with Crippen LogP contribution in [0.1, 0.15) is 44.9 Å². The van der Waals surface area contributed by atoms with Crippen LogP contribution in [0, 0.1) is 33.6 Å². The molecule has 1 fully saturated rings. The van der Waals surface area contributed by atoms with E-state index in [1.54, 1.807) is 4.68 Å². The number of aryl methyl sites for hydroxylation is 2. The first-order valence-corrected chi connectivity index (χ1v) is 10.9. The van der Waals surface area contributed by atoms with Gasteiger partial charge in [0, 0.05) is 32.0 Å². The summed E-state index contributed by atoms with van der Waals surface area (Å²) in [6.45, 7) is 9.67. The number of hydrogen-bond acceptors (Lipinski definition) is 4. The van der Waals surface area contributed by atoms with Crippen LogP contribution in [0.2, 0.25) is 0 Å². The maximum atomic E-state index is 12.8. The molecule has 166 valence electrons. The van der Waals surface area contributed by atoms with E-state index < -0.39 is 0 Å². The Balaban J connectivity index is 1.38. The Kier molecular flexibility index (Phi) is 6.08. The lowest BCUT2D eigenvalue weighted by Crippen LogP contribution is -2.31. The van der Waals surface area contributed by atoms with Crippen molar-refractivity contribution >= 4 is 11.8 Å². The molecule has 1 saturated heterocycles. The number of aromatic nitrogens is 3. The molecule has 0 spiro atoms. The molecular weight excluding hydrogens is 402 g/mol. The van der Waals surface area contributed by atoms with Crippen LogP contribution in [0.3, 0.4) is 0 Å².